The largest absolute Gasteiger partial charge is 0.399 e. The molecule has 2 heterocycles. The second-order valence-electron chi connectivity index (χ2n) is 4.05. The molecule has 0 spiro atoms. The molecule has 4 N–H and O–H groups in total. The zero-order valence-electron chi connectivity index (χ0n) is 9.95. The van der Waals surface area contributed by atoms with Gasteiger partial charge in [-0.15, -0.1) is 0 Å². The molecule has 0 aliphatic carbocycles. The molecule has 0 radical (unpaired) electrons. The Morgan fingerprint density at radius 2 is 1.58 bits per heavy atom. The maximum absolute atomic E-state index is 5.74. The van der Waals surface area contributed by atoms with Crippen molar-refractivity contribution in [2.24, 2.45) is 0 Å². The fourth-order valence-corrected chi connectivity index (χ4v) is 1.76. The number of anilines is 2. The number of hydrogen-bond acceptors (Lipinski definition) is 6. The lowest BCUT2D eigenvalue weighted by Gasteiger charge is -1.99. The Labute approximate surface area is 109 Å². The highest BCUT2D eigenvalue weighted by molar-refractivity contribution is 5.68. The zero-order valence-corrected chi connectivity index (χ0v) is 9.95. The zero-order chi connectivity index (χ0) is 13.2. The summed E-state index contributed by atoms with van der Waals surface area (Å²) in [5.74, 6) is 0.879. The van der Waals surface area contributed by atoms with Crippen molar-refractivity contribution in [3.8, 4) is 22.8 Å². The van der Waals surface area contributed by atoms with Gasteiger partial charge in [0.2, 0.25) is 5.82 Å². The summed E-state index contributed by atoms with van der Waals surface area (Å²) >= 11 is 0. The summed E-state index contributed by atoms with van der Waals surface area (Å²) in [5.41, 5.74) is 14.1. The van der Waals surface area contributed by atoms with E-state index in [1.165, 1.54) is 0 Å². The molecular formula is C13H11N5O. The fraction of sp³-hybridized carbons (Fsp3) is 0. The predicted octanol–water partition coefficient (Wildman–Crippen LogP) is 1.96. The van der Waals surface area contributed by atoms with Crippen LogP contribution in [-0.4, -0.2) is 15.1 Å². The quantitative estimate of drug-likeness (QED) is 0.676. The molecule has 0 aliphatic heterocycles. The summed E-state index contributed by atoms with van der Waals surface area (Å²) in [7, 11) is 0. The molecule has 2 aromatic heterocycles. The molecular weight excluding hydrogens is 242 g/mol. The minimum Gasteiger partial charge on any atom is -0.399 e. The van der Waals surface area contributed by atoms with Gasteiger partial charge in [0.1, 0.15) is 0 Å². The topological polar surface area (TPSA) is 104 Å². The van der Waals surface area contributed by atoms with Crippen molar-refractivity contribution < 1.29 is 4.52 Å². The summed E-state index contributed by atoms with van der Waals surface area (Å²) in [4.78, 5) is 8.26. The van der Waals surface area contributed by atoms with Gasteiger partial charge in [0.05, 0.1) is 0 Å². The Balaban J connectivity index is 2.02. The van der Waals surface area contributed by atoms with Crippen LogP contribution in [0.15, 0.2) is 47.2 Å². The molecule has 6 nitrogen and oxygen atoms in total. The van der Waals surface area contributed by atoms with Gasteiger partial charge in [-0.05, 0) is 30.3 Å². The van der Waals surface area contributed by atoms with E-state index in [2.05, 4.69) is 15.1 Å². The van der Waals surface area contributed by atoms with E-state index >= 15 is 0 Å². The molecule has 0 fully saturated rings. The van der Waals surface area contributed by atoms with Gasteiger partial charge in [0, 0.05) is 34.9 Å². The summed E-state index contributed by atoms with van der Waals surface area (Å²) in [6.07, 6.45) is 3.34. The monoisotopic (exact) mass is 253 g/mol. The normalized spacial score (nSPS) is 10.5. The van der Waals surface area contributed by atoms with Gasteiger partial charge in [-0.25, -0.2) is 0 Å². The maximum atomic E-state index is 5.74. The number of benzene rings is 1. The molecule has 0 bridgehead atoms. The van der Waals surface area contributed by atoms with Crippen LogP contribution in [0.2, 0.25) is 0 Å². The number of pyridine rings is 1. The van der Waals surface area contributed by atoms with E-state index in [9.17, 15) is 0 Å². The van der Waals surface area contributed by atoms with E-state index in [1.54, 1.807) is 30.6 Å². The Kier molecular flexibility index (Phi) is 2.60. The molecule has 0 aliphatic rings. The molecule has 0 saturated carbocycles. The lowest BCUT2D eigenvalue weighted by Crippen LogP contribution is -1.91. The van der Waals surface area contributed by atoms with E-state index < -0.39 is 0 Å². The van der Waals surface area contributed by atoms with Gasteiger partial charge in [0.25, 0.3) is 5.89 Å². The van der Waals surface area contributed by atoms with Crippen molar-refractivity contribution in [3.05, 3.63) is 42.7 Å². The molecule has 94 valence electrons. The van der Waals surface area contributed by atoms with E-state index in [1.807, 2.05) is 12.1 Å². The minimum absolute atomic E-state index is 0.380. The second-order valence-corrected chi connectivity index (χ2v) is 4.05. The van der Waals surface area contributed by atoms with Gasteiger partial charge < -0.3 is 16.0 Å². The molecule has 1 aromatic carbocycles. The Morgan fingerprint density at radius 1 is 0.895 bits per heavy atom. The average Bonchev–Trinajstić information content (AvgIpc) is 2.88. The molecule has 0 saturated heterocycles. The summed E-state index contributed by atoms with van der Waals surface area (Å²) in [5, 5.41) is 3.93. The number of hydrogen-bond donors (Lipinski definition) is 2. The van der Waals surface area contributed by atoms with E-state index in [0.717, 1.165) is 5.56 Å². The third kappa shape index (κ3) is 2.23. The lowest BCUT2D eigenvalue weighted by molar-refractivity contribution is 0.432. The van der Waals surface area contributed by atoms with Gasteiger partial charge in [-0.2, -0.15) is 4.98 Å². The van der Waals surface area contributed by atoms with Crippen molar-refractivity contribution in [1.82, 2.24) is 15.1 Å². The van der Waals surface area contributed by atoms with E-state index in [-0.39, 0.29) is 0 Å². The van der Waals surface area contributed by atoms with E-state index in [4.69, 9.17) is 16.0 Å². The van der Waals surface area contributed by atoms with Crippen LogP contribution in [-0.2, 0) is 0 Å². The molecule has 6 heteroatoms. The molecule has 3 rings (SSSR count). The molecule has 0 amide bonds. The third-order valence-corrected chi connectivity index (χ3v) is 2.59. The first-order valence-corrected chi connectivity index (χ1v) is 5.63. The number of nitrogens with zero attached hydrogens (tertiary/aromatic N) is 3. The lowest BCUT2D eigenvalue weighted by atomic mass is 10.2. The first kappa shape index (κ1) is 11.2. The molecule has 3 aromatic rings. The first-order chi connectivity index (χ1) is 9.22. The number of nitrogens with two attached hydrogens (primary N) is 2. The fourth-order valence-electron chi connectivity index (χ4n) is 1.76. The predicted molar refractivity (Wildman–Crippen MR) is 71.8 cm³/mol. The second kappa shape index (κ2) is 4.41. The summed E-state index contributed by atoms with van der Waals surface area (Å²) < 4.78 is 5.22. The molecule has 19 heavy (non-hydrogen) atoms. The minimum atomic E-state index is 0.380. The highest BCUT2D eigenvalue weighted by Gasteiger charge is 2.11. The Morgan fingerprint density at radius 3 is 2.26 bits per heavy atom. The molecule has 0 unspecified atom stereocenters. The highest BCUT2D eigenvalue weighted by Crippen LogP contribution is 2.25. The third-order valence-electron chi connectivity index (χ3n) is 2.59. The van der Waals surface area contributed by atoms with Crippen LogP contribution < -0.4 is 11.5 Å². The van der Waals surface area contributed by atoms with Gasteiger partial charge in [0.15, 0.2) is 0 Å². The smallest absolute Gasteiger partial charge is 0.258 e. The standard InChI is InChI=1S/C13H11N5O/c14-10-5-9(6-11(15)7-10)13-17-12(18-19-13)8-1-3-16-4-2-8/h1-7H,14-15H2. The maximum Gasteiger partial charge on any atom is 0.258 e. The average molecular weight is 253 g/mol. The number of rotatable bonds is 2. The van der Waals surface area contributed by atoms with Crippen molar-refractivity contribution in [2.75, 3.05) is 11.5 Å². The van der Waals surface area contributed by atoms with Crippen molar-refractivity contribution >= 4 is 11.4 Å². The van der Waals surface area contributed by atoms with Crippen LogP contribution in [0.3, 0.4) is 0 Å². The van der Waals surface area contributed by atoms with Gasteiger partial charge in [-0.3, -0.25) is 4.98 Å². The van der Waals surface area contributed by atoms with Crippen molar-refractivity contribution in [1.29, 1.82) is 0 Å². The highest BCUT2D eigenvalue weighted by atomic mass is 16.5. The van der Waals surface area contributed by atoms with Gasteiger partial charge >= 0.3 is 0 Å². The Bertz CT molecular complexity index is 688. The van der Waals surface area contributed by atoms with Crippen LogP contribution in [0.1, 0.15) is 0 Å². The van der Waals surface area contributed by atoms with Crippen LogP contribution in [0.5, 0.6) is 0 Å². The van der Waals surface area contributed by atoms with E-state index in [0.29, 0.717) is 28.7 Å². The van der Waals surface area contributed by atoms with Crippen molar-refractivity contribution in [3.63, 3.8) is 0 Å². The van der Waals surface area contributed by atoms with Crippen LogP contribution in [0.25, 0.3) is 22.8 Å². The van der Waals surface area contributed by atoms with Crippen LogP contribution in [0, 0.1) is 0 Å². The summed E-state index contributed by atoms with van der Waals surface area (Å²) in [6, 6.07) is 8.76. The van der Waals surface area contributed by atoms with Crippen LogP contribution in [0.4, 0.5) is 11.4 Å². The summed E-state index contributed by atoms with van der Waals surface area (Å²) in [6.45, 7) is 0. The van der Waals surface area contributed by atoms with Crippen LogP contribution >= 0.6 is 0 Å². The number of nitrogen functional groups attached to an aromatic ring is 2. The number of aromatic nitrogens is 3. The SMILES string of the molecule is Nc1cc(N)cc(-c2nc(-c3ccncc3)no2)c1. The molecule has 0 atom stereocenters. The van der Waals surface area contributed by atoms with Gasteiger partial charge in [-0.1, -0.05) is 5.16 Å². The Hall–Kier alpha value is -2.89. The first-order valence-electron chi connectivity index (χ1n) is 5.63. The van der Waals surface area contributed by atoms with Crippen molar-refractivity contribution in [2.45, 2.75) is 0 Å².